The van der Waals surface area contributed by atoms with Gasteiger partial charge in [0.05, 0.1) is 0 Å². The van der Waals surface area contributed by atoms with Crippen molar-refractivity contribution in [2.24, 2.45) is 45.8 Å². The van der Waals surface area contributed by atoms with Gasteiger partial charge in [-0.25, -0.2) is 0 Å². The Morgan fingerprint density at radius 2 is 1.76 bits per heavy atom. The normalized spacial score (nSPS) is 45.4. The second-order valence-electron chi connectivity index (χ2n) is 12.7. The highest BCUT2D eigenvalue weighted by atomic mass is 16.1. The quantitative estimate of drug-likeness (QED) is 0.429. The third-order valence-corrected chi connectivity index (χ3v) is 10.8. The summed E-state index contributed by atoms with van der Waals surface area (Å²) in [6.45, 7) is 14.9. The number of carbonyl (C=O) groups is 1. The number of allylic oxidation sites excluding steroid dienone is 2. The maximum atomic E-state index is 12.3. The molecule has 7 atom stereocenters. The van der Waals surface area contributed by atoms with Crippen LogP contribution in [0.15, 0.2) is 11.6 Å². The van der Waals surface area contributed by atoms with Crippen LogP contribution in [0.25, 0.3) is 0 Å². The third-order valence-electron chi connectivity index (χ3n) is 10.8. The van der Waals surface area contributed by atoms with E-state index in [1.165, 1.54) is 44.9 Å². The van der Waals surface area contributed by atoms with Crippen LogP contribution >= 0.6 is 0 Å². The first kappa shape index (κ1) is 21.6. The van der Waals surface area contributed by atoms with Crippen molar-refractivity contribution < 1.29 is 4.79 Å². The van der Waals surface area contributed by atoms with E-state index in [9.17, 15) is 4.79 Å². The zero-order valence-electron chi connectivity index (χ0n) is 20.2. The molecule has 0 aliphatic heterocycles. The fourth-order valence-electron chi connectivity index (χ4n) is 8.66. The Labute approximate surface area is 180 Å². The topological polar surface area (TPSA) is 17.1 Å². The van der Waals surface area contributed by atoms with Crippen LogP contribution in [-0.2, 0) is 4.79 Å². The van der Waals surface area contributed by atoms with Crippen LogP contribution in [0, 0.1) is 45.8 Å². The minimum absolute atomic E-state index is 0.201. The van der Waals surface area contributed by atoms with Crippen LogP contribution in [0.4, 0.5) is 0 Å². The van der Waals surface area contributed by atoms with E-state index in [0.29, 0.717) is 16.6 Å². The van der Waals surface area contributed by atoms with Gasteiger partial charge >= 0.3 is 0 Å². The molecular formula is C28H46O. The monoisotopic (exact) mass is 398 g/mol. The first-order valence-electron chi connectivity index (χ1n) is 12.8. The molecule has 3 saturated carbocycles. The lowest BCUT2D eigenvalue weighted by Gasteiger charge is -2.61. The zero-order chi connectivity index (χ0) is 21.0. The number of hydrogen-bond donors (Lipinski definition) is 0. The summed E-state index contributed by atoms with van der Waals surface area (Å²) in [5.41, 5.74) is 2.90. The van der Waals surface area contributed by atoms with Gasteiger partial charge in [0.1, 0.15) is 5.78 Å². The van der Waals surface area contributed by atoms with Gasteiger partial charge in [0, 0.05) is 12.8 Å². The van der Waals surface area contributed by atoms with E-state index >= 15 is 0 Å². The molecule has 4 aliphatic rings. The molecule has 3 fully saturated rings. The van der Waals surface area contributed by atoms with E-state index in [1.54, 1.807) is 0 Å². The molecule has 29 heavy (non-hydrogen) atoms. The van der Waals surface area contributed by atoms with Crippen molar-refractivity contribution in [3.8, 4) is 0 Å². The van der Waals surface area contributed by atoms with E-state index in [2.05, 4.69) is 47.6 Å². The van der Waals surface area contributed by atoms with Crippen molar-refractivity contribution in [2.45, 2.75) is 112 Å². The van der Waals surface area contributed by atoms with Gasteiger partial charge in [-0.1, -0.05) is 72.5 Å². The lowest BCUT2D eigenvalue weighted by molar-refractivity contribution is -0.135. The van der Waals surface area contributed by atoms with Crippen LogP contribution in [0.2, 0.25) is 0 Å². The summed E-state index contributed by atoms with van der Waals surface area (Å²) in [6.07, 6.45) is 16.4. The molecule has 4 aliphatic carbocycles. The van der Waals surface area contributed by atoms with Crippen molar-refractivity contribution in [3.05, 3.63) is 11.6 Å². The SMILES string of the molecule is CC(C)CCC[C@@H](C)[C@H]1CC[C@H]2C3=CC[C@]4(C)CC(=O)CC[C@]4(C)[C@H]3CC[C@]12C. The highest BCUT2D eigenvalue weighted by Crippen LogP contribution is 2.69. The zero-order valence-corrected chi connectivity index (χ0v) is 20.2. The Kier molecular flexibility index (Phi) is 5.61. The molecule has 0 radical (unpaired) electrons. The van der Waals surface area contributed by atoms with E-state index < -0.39 is 0 Å². The Balaban J connectivity index is 1.54. The summed E-state index contributed by atoms with van der Waals surface area (Å²) in [6, 6.07) is 0. The van der Waals surface area contributed by atoms with E-state index in [-0.39, 0.29) is 5.41 Å². The predicted molar refractivity (Wildman–Crippen MR) is 123 cm³/mol. The minimum Gasteiger partial charge on any atom is -0.300 e. The highest BCUT2D eigenvalue weighted by Gasteiger charge is 2.61. The second kappa shape index (κ2) is 7.52. The molecule has 0 aromatic rings. The molecule has 0 amide bonds. The van der Waals surface area contributed by atoms with Gasteiger partial charge in [-0.15, -0.1) is 0 Å². The highest BCUT2D eigenvalue weighted by molar-refractivity contribution is 5.80. The maximum Gasteiger partial charge on any atom is 0.133 e. The van der Waals surface area contributed by atoms with Crippen LogP contribution in [0.3, 0.4) is 0 Å². The molecule has 0 unspecified atom stereocenters. The molecule has 1 heteroatoms. The molecule has 0 saturated heterocycles. The van der Waals surface area contributed by atoms with Crippen molar-refractivity contribution in [1.29, 1.82) is 0 Å². The molecular weight excluding hydrogens is 352 g/mol. The number of rotatable bonds is 5. The minimum atomic E-state index is 0.201. The summed E-state index contributed by atoms with van der Waals surface area (Å²) in [5.74, 6) is 4.70. The molecule has 0 bridgehead atoms. The van der Waals surface area contributed by atoms with E-state index in [0.717, 1.165) is 55.3 Å². The van der Waals surface area contributed by atoms with Gasteiger partial charge in [-0.3, -0.25) is 4.79 Å². The molecule has 0 N–H and O–H groups in total. The molecule has 0 aromatic carbocycles. The molecule has 0 spiro atoms. The van der Waals surface area contributed by atoms with E-state index in [1.807, 2.05) is 5.57 Å². The van der Waals surface area contributed by atoms with Gasteiger partial charge < -0.3 is 0 Å². The van der Waals surface area contributed by atoms with Gasteiger partial charge in [0.25, 0.3) is 0 Å². The summed E-state index contributed by atoms with van der Waals surface area (Å²) in [7, 11) is 0. The largest absolute Gasteiger partial charge is 0.300 e. The molecule has 1 nitrogen and oxygen atoms in total. The third kappa shape index (κ3) is 3.38. The average molecular weight is 399 g/mol. The van der Waals surface area contributed by atoms with Gasteiger partial charge in [-0.05, 0) is 84.4 Å². The Bertz CT molecular complexity index is 674. The number of Topliss-reactive ketones (excluding diaryl/α,β-unsaturated/α-hetero) is 1. The summed E-state index contributed by atoms with van der Waals surface area (Å²) in [4.78, 5) is 12.3. The van der Waals surface area contributed by atoms with Crippen molar-refractivity contribution in [3.63, 3.8) is 0 Å². The Morgan fingerprint density at radius 3 is 2.48 bits per heavy atom. The maximum absolute atomic E-state index is 12.3. The average Bonchev–Trinajstić information content (AvgIpc) is 2.99. The number of hydrogen-bond acceptors (Lipinski definition) is 1. The Morgan fingerprint density at radius 1 is 1.00 bits per heavy atom. The molecule has 164 valence electrons. The molecule has 0 aromatic heterocycles. The standard InChI is InChI=1S/C28H46O/c1-19(2)8-7-9-20(3)23-10-11-24-22-13-15-26(4)18-21(29)12-17-28(26,6)25(22)14-16-27(23,24)5/h13,19-20,23-25H,7-12,14-18H2,1-6H3/t20-,23-,24+,25+,26-,27-,28-/m1/s1. The summed E-state index contributed by atoms with van der Waals surface area (Å²) < 4.78 is 0. The lowest BCUT2D eigenvalue weighted by atomic mass is 9.43. The smallest absolute Gasteiger partial charge is 0.133 e. The predicted octanol–water partition coefficient (Wildman–Crippen LogP) is 7.99. The molecule has 0 heterocycles. The number of fused-ring (bicyclic) bond motifs is 5. The lowest BCUT2D eigenvalue weighted by Crippen LogP contribution is -2.54. The fraction of sp³-hybridized carbons (Fsp3) is 0.893. The van der Waals surface area contributed by atoms with E-state index in [4.69, 9.17) is 0 Å². The van der Waals surface area contributed by atoms with Crippen LogP contribution in [0.1, 0.15) is 112 Å². The van der Waals surface area contributed by atoms with Crippen molar-refractivity contribution in [2.75, 3.05) is 0 Å². The van der Waals surface area contributed by atoms with Crippen LogP contribution in [0.5, 0.6) is 0 Å². The number of ketones is 1. The number of carbonyl (C=O) groups excluding carboxylic acids is 1. The first-order valence-corrected chi connectivity index (χ1v) is 12.8. The Hall–Kier alpha value is -0.590. The molecule has 4 rings (SSSR count). The second-order valence-corrected chi connectivity index (χ2v) is 12.7. The van der Waals surface area contributed by atoms with Gasteiger partial charge in [0.2, 0.25) is 0 Å². The van der Waals surface area contributed by atoms with Gasteiger partial charge in [0.15, 0.2) is 0 Å². The van der Waals surface area contributed by atoms with Crippen molar-refractivity contribution >= 4 is 5.78 Å². The fourth-order valence-corrected chi connectivity index (χ4v) is 8.66. The van der Waals surface area contributed by atoms with Crippen molar-refractivity contribution in [1.82, 2.24) is 0 Å². The summed E-state index contributed by atoms with van der Waals surface area (Å²) >= 11 is 0. The van der Waals surface area contributed by atoms with Crippen LogP contribution in [-0.4, -0.2) is 5.78 Å². The summed E-state index contributed by atoms with van der Waals surface area (Å²) in [5, 5.41) is 0. The first-order chi connectivity index (χ1) is 13.6. The van der Waals surface area contributed by atoms with Gasteiger partial charge in [-0.2, -0.15) is 0 Å². The van der Waals surface area contributed by atoms with Crippen LogP contribution < -0.4 is 0 Å².